The predicted molar refractivity (Wildman–Crippen MR) is 214 cm³/mol. The first-order valence-corrected chi connectivity index (χ1v) is 17.2. The number of fused-ring (bicyclic) bond motifs is 3. The first-order valence-electron chi connectivity index (χ1n) is 17.2. The lowest BCUT2D eigenvalue weighted by molar-refractivity contribution is 0.0235. The van der Waals surface area contributed by atoms with Crippen molar-refractivity contribution >= 4 is 44.8 Å². The van der Waals surface area contributed by atoms with Gasteiger partial charge in [-0.15, -0.1) is 0 Å². The van der Waals surface area contributed by atoms with Gasteiger partial charge in [0.05, 0.1) is 12.8 Å². The molecule has 52 heavy (non-hydrogen) atoms. The van der Waals surface area contributed by atoms with E-state index in [9.17, 15) is 4.79 Å². The Hall–Kier alpha value is -6.40. The van der Waals surface area contributed by atoms with Crippen molar-refractivity contribution in [2.75, 3.05) is 0 Å². The van der Waals surface area contributed by atoms with Gasteiger partial charge < -0.3 is 4.84 Å². The van der Waals surface area contributed by atoms with Gasteiger partial charge in [-0.1, -0.05) is 175 Å². The Morgan fingerprint density at radius 2 is 0.904 bits per heavy atom. The second kappa shape index (κ2) is 19.1. The summed E-state index contributed by atoms with van der Waals surface area (Å²) in [5, 5.41) is 11.3. The summed E-state index contributed by atoms with van der Waals surface area (Å²) in [6.45, 7) is 1.77. The van der Waals surface area contributed by atoms with Gasteiger partial charge in [-0.3, -0.25) is 9.63 Å². The van der Waals surface area contributed by atoms with Crippen LogP contribution in [-0.2, 0) is 29.4 Å². The second-order valence-corrected chi connectivity index (χ2v) is 12.1. The van der Waals surface area contributed by atoms with E-state index in [4.69, 9.17) is 9.68 Å². The van der Waals surface area contributed by atoms with Gasteiger partial charge in [-0.2, -0.15) is 5.48 Å². The molecule has 5 heteroatoms. The number of carbonyl (C=O) groups is 1. The molecule has 0 aromatic heterocycles. The van der Waals surface area contributed by atoms with Crippen LogP contribution in [0, 0.1) is 0 Å². The summed E-state index contributed by atoms with van der Waals surface area (Å²) < 4.78 is 0. The first kappa shape index (κ1) is 35.4. The maximum atomic E-state index is 10.5. The zero-order valence-electron chi connectivity index (χ0n) is 28.8. The van der Waals surface area contributed by atoms with Crippen molar-refractivity contribution in [3.63, 3.8) is 0 Å². The number of hydroxylamine groups is 1. The fourth-order valence-electron chi connectivity index (χ4n) is 5.55. The number of aldehydes is 1. The highest BCUT2D eigenvalue weighted by atomic mass is 16.6. The summed E-state index contributed by atoms with van der Waals surface area (Å²) in [5.41, 5.74) is 8.28. The lowest BCUT2D eigenvalue weighted by Crippen LogP contribution is -2.13. The fraction of sp³-hybridized carbons (Fsp3) is 0.0638. The molecule has 0 atom stereocenters. The van der Waals surface area contributed by atoms with Crippen molar-refractivity contribution in [3.8, 4) is 0 Å². The third-order valence-electron chi connectivity index (χ3n) is 8.31. The normalized spacial score (nSPS) is 10.7. The van der Waals surface area contributed by atoms with Crippen LogP contribution in [0.4, 0.5) is 0 Å². The van der Waals surface area contributed by atoms with Gasteiger partial charge in [0.25, 0.3) is 0 Å². The highest BCUT2D eigenvalue weighted by molar-refractivity contribution is 5.90. The van der Waals surface area contributed by atoms with Crippen LogP contribution in [-0.4, -0.2) is 12.5 Å². The first-order chi connectivity index (χ1) is 25.7. The summed E-state index contributed by atoms with van der Waals surface area (Å²) in [6, 6.07) is 63.2. The van der Waals surface area contributed by atoms with E-state index in [1.165, 1.54) is 38.1 Å². The average Bonchev–Trinajstić information content (AvgIpc) is 3.22. The predicted octanol–water partition coefficient (Wildman–Crippen LogP) is 11.1. The van der Waals surface area contributed by atoms with E-state index in [0.717, 1.165) is 28.4 Å². The molecule has 256 valence electrons. The molecule has 8 aromatic rings. The van der Waals surface area contributed by atoms with E-state index in [1.54, 1.807) is 6.21 Å². The van der Waals surface area contributed by atoms with Crippen molar-refractivity contribution in [1.82, 2.24) is 5.48 Å². The summed E-state index contributed by atoms with van der Waals surface area (Å²) in [7, 11) is 0. The van der Waals surface area contributed by atoms with Crippen LogP contribution in [0.5, 0.6) is 0 Å². The third kappa shape index (κ3) is 10.8. The molecule has 0 unspecified atom stereocenters. The molecule has 0 aliphatic heterocycles. The Bertz CT molecular complexity index is 2340. The van der Waals surface area contributed by atoms with Gasteiger partial charge in [0.2, 0.25) is 0 Å². The molecule has 0 radical (unpaired) electrons. The minimum Gasteiger partial charge on any atom is -0.391 e. The summed E-state index contributed by atoms with van der Waals surface area (Å²) in [6.07, 6.45) is 2.61. The average molecular weight is 681 g/mol. The number of oxime groups is 1. The Labute approximate surface area is 304 Å². The van der Waals surface area contributed by atoms with Crippen LogP contribution < -0.4 is 5.48 Å². The van der Waals surface area contributed by atoms with E-state index in [-0.39, 0.29) is 0 Å². The zero-order chi connectivity index (χ0) is 35.6. The van der Waals surface area contributed by atoms with Crippen molar-refractivity contribution < 1.29 is 14.5 Å². The van der Waals surface area contributed by atoms with Gasteiger partial charge in [-0.05, 0) is 72.8 Å². The molecule has 0 amide bonds. The van der Waals surface area contributed by atoms with Crippen LogP contribution in [0.15, 0.2) is 193 Å². The Morgan fingerprint density at radius 1 is 0.442 bits per heavy atom. The SMILES string of the molecule is C(=NOCc1ccccc1)c1ccc2ccccc2c1.O=Cc1ccc2ccccc2c1.c1ccc(CONCc2ccc3ccccc3c2)cc1. The molecule has 0 saturated carbocycles. The molecular formula is C47H40N2O3. The molecule has 1 N–H and O–H groups in total. The number of nitrogens with zero attached hydrogens (tertiary/aromatic N) is 1. The number of rotatable bonds is 10. The molecule has 0 fully saturated rings. The van der Waals surface area contributed by atoms with Gasteiger partial charge in [0, 0.05) is 12.1 Å². The van der Waals surface area contributed by atoms with Gasteiger partial charge in [0.15, 0.2) is 0 Å². The van der Waals surface area contributed by atoms with Crippen LogP contribution in [0.1, 0.15) is 32.6 Å². The number of hydrogen-bond donors (Lipinski definition) is 1. The maximum Gasteiger partial charge on any atom is 0.150 e. The molecule has 0 aliphatic rings. The minimum atomic E-state index is 0.491. The highest BCUT2D eigenvalue weighted by Crippen LogP contribution is 2.17. The Balaban J connectivity index is 0.000000138. The van der Waals surface area contributed by atoms with Crippen LogP contribution in [0.25, 0.3) is 32.3 Å². The molecule has 0 spiro atoms. The lowest BCUT2D eigenvalue weighted by Gasteiger charge is -2.07. The van der Waals surface area contributed by atoms with Crippen molar-refractivity contribution in [3.05, 3.63) is 216 Å². The standard InChI is InChI=1S/C18H17NO.C18H15NO.C11H8O/c2*1-2-6-15(7-3-1)14-20-19-13-16-10-11-17-8-4-5-9-18(17)12-16;12-8-9-5-6-10-3-1-2-4-11(10)7-9/h1-12,19H,13-14H2;1-13H,14H2;1-8H. The monoisotopic (exact) mass is 680 g/mol. The number of nitrogens with one attached hydrogen (secondary N) is 1. The van der Waals surface area contributed by atoms with Crippen LogP contribution in [0.2, 0.25) is 0 Å². The number of carbonyl (C=O) groups excluding carboxylic acids is 1. The number of benzene rings is 8. The van der Waals surface area contributed by atoms with Crippen molar-refractivity contribution in [2.24, 2.45) is 5.16 Å². The molecule has 0 saturated heterocycles. The van der Waals surface area contributed by atoms with Crippen molar-refractivity contribution in [2.45, 2.75) is 19.8 Å². The van der Waals surface area contributed by atoms with Gasteiger partial charge in [-0.25, -0.2) is 0 Å². The van der Waals surface area contributed by atoms with E-state index >= 15 is 0 Å². The highest BCUT2D eigenvalue weighted by Gasteiger charge is 1.98. The van der Waals surface area contributed by atoms with Crippen molar-refractivity contribution in [1.29, 1.82) is 0 Å². The quantitative estimate of drug-likeness (QED) is 0.0676. The largest absolute Gasteiger partial charge is 0.391 e. The molecule has 8 rings (SSSR count). The smallest absolute Gasteiger partial charge is 0.150 e. The molecule has 8 aromatic carbocycles. The molecule has 0 bridgehead atoms. The summed E-state index contributed by atoms with van der Waals surface area (Å²) in [4.78, 5) is 21.2. The maximum absolute atomic E-state index is 10.5. The van der Waals surface area contributed by atoms with Crippen LogP contribution >= 0.6 is 0 Å². The third-order valence-corrected chi connectivity index (χ3v) is 8.31. The minimum absolute atomic E-state index is 0.491. The Kier molecular flexibility index (Phi) is 13.0. The molecule has 5 nitrogen and oxygen atoms in total. The second-order valence-electron chi connectivity index (χ2n) is 12.1. The van der Waals surface area contributed by atoms with Crippen LogP contribution in [0.3, 0.4) is 0 Å². The zero-order valence-corrected chi connectivity index (χ0v) is 28.8. The summed E-state index contributed by atoms with van der Waals surface area (Å²) >= 11 is 0. The topological polar surface area (TPSA) is 59.9 Å². The lowest BCUT2D eigenvalue weighted by atomic mass is 10.1. The van der Waals surface area contributed by atoms with Gasteiger partial charge in [0.1, 0.15) is 12.9 Å². The van der Waals surface area contributed by atoms with E-state index in [2.05, 4.69) is 89.5 Å². The van der Waals surface area contributed by atoms with Gasteiger partial charge >= 0.3 is 0 Å². The number of hydrogen-bond acceptors (Lipinski definition) is 5. The molecule has 0 heterocycles. The van der Waals surface area contributed by atoms with E-state index in [1.807, 2.05) is 109 Å². The van der Waals surface area contributed by atoms with E-state index in [0.29, 0.717) is 19.8 Å². The van der Waals surface area contributed by atoms with E-state index < -0.39 is 0 Å². The summed E-state index contributed by atoms with van der Waals surface area (Å²) in [5.74, 6) is 0. The Morgan fingerprint density at radius 3 is 1.48 bits per heavy atom. The molecule has 0 aliphatic carbocycles. The molecular weight excluding hydrogens is 641 g/mol. The fourth-order valence-corrected chi connectivity index (χ4v) is 5.55.